The van der Waals surface area contributed by atoms with Gasteiger partial charge in [-0.1, -0.05) is 0 Å². The summed E-state index contributed by atoms with van der Waals surface area (Å²) in [5, 5.41) is 41.3. The molecular formula is C14H22N4O10. The number of aliphatic hydroxyl groups excluding tert-OH is 1. The minimum atomic E-state index is -1.74. The zero-order chi connectivity index (χ0) is 22.0. The maximum atomic E-state index is 12.3. The monoisotopic (exact) mass is 406 g/mol. The highest BCUT2D eigenvalue weighted by Crippen LogP contribution is 2.00. The Kier molecular flexibility index (Phi) is 10.1. The summed E-state index contributed by atoms with van der Waals surface area (Å²) in [6.07, 6.45) is -3.17. The van der Waals surface area contributed by atoms with Crippen LogP contribution in [0.25, 0.3) is 0 Å². The largest absolute Gasteiger partial charge is 0.481 e. The topological polar surface area (TPSA) is 245 Å². The van der Waals surface area contributed by atoms with Crippen molar-refractivity contribution in [1.29, 1.82) is 0 Å². The van der Waals surface area contributed by atoms with Crippen LogP contribution in [0.15, 0.2) is 0 Å². The second kappa shape index (κ2) is 11.5. The summed E-state index contributed by atoms with van der Waals surface area (Å²) in [5.74, 6) is -7.84. The lowest BCUT2D eigenvalue weighted by molar-refractivity contribution is -0.144. The maximum absolute atomic E-state index is 12.3. The average Bonchev–Trinajstić information content (AvgIpc) is 2.56. The molecule has 0 radical (unpaired) electrons. The van der Waals surface area contributed by atoms with Crippen molar-refractivity contribution in [2.24, 2.45) is 5.73 Å². The molecule has 0 saturated heterocycles. The first-order valence-electron chi connectivity index (χ1n) is 7.82. The van der Waals surface area contributed by atoms with Crippen molar-refractivity contribution < 1.29 is 49.2 Å². The molecule has 158 valence electrons. The van der Waals surface area contributed by atoms with Gasteiger partial charge in [-0.05, 0) is 6.92 Å². The zero-order valence-corrected chi connectivity index (χ0v) is 14.7. The van der Waals surface area contributed by atoms with Crippen molar-refractivity contribution in [2.75, 3.05) is 6.54 Å². The molecule has 14 nitrogen and oxygen atoms in total. The summed E-state index contributed by atoms with van der Waals surface area (Å²) in [6, 6.07) is -4.95. The number of nitrogens with one attached hydrogen (secondary N) is 3. The van der Waals surface area contributed by atoms with Crippen molar-refractivity contribution in [3.05, 3.63) is 0 Å². The first-order chi connectivity index (χ1) is 12.8. The lowest BCUT2D eigenvalue weighted by Gasteiger charge is -2.23. The van der Waals surface area contributed by atoms with Gasteiger partial charge in [0.2, 0.25) is 17.7 Å². The Labute approximate surface area is 158 Å². The normalized spacial score (nSPS) is 14.7. The molecule has 0 aromatic rings. The highest BCUT2D eigenvalue weighted by Gasteiger charge is 2.31. The van der Waals surface area contributed by atoms with E-state index in [1.165, 1.54) is 6.92 Å². The van der Waals surface area contributed by atoms with Gasteiger partial charge in [-0.25, -0.2) is 0 Å². The highest BCUT2D eigenvalue weighted by molar-refractivity contribution is 5.96. The van der Waals surface area contributed by atoms with Gasteiger partial charge in [0.15, 0.2) is 0 Å². The first kappa shape index (κ1) is 24.7. The van der Waals surface area contributed by atoms with Crippen LogP contribution in [0.2, 0.25) is 0 Å². The molecule has 28 heavy (non-hydrogen) atoms. The van der Waals surface area contributed by atoms with Gasteiger partial charge < -0.3 is 42.1 Å². The van der Waals surface area contributed by atoms with Crippen molar-refractivity contribution >= 4 is 35.6 Å². The third-order valence-corrected chi connectivity index (χ3v) is 3.26. The molecule has 0 heterocycles. The Balaban J connectivity index is 5.30. The molecular weight excluding hydrogens is 384 g/mol. The molecule has 0 aliphatic heterocycles. The van der Waals surface area contributed by atoms with Crippen LogP contribution in [0, 0.1) is 0 Å². The number of carboxylic acids is 3. The number of rotatable bonds is 12. The third kappa shape index (κ3) is 9.44. The fourth-order valence-corrected chi connectivity index (χ4v) is 1.81. The molecule has 14 heteroatoms. The minimum absolute atomic E-state index is 0.844. The summed E-state index contributed by atoms with van der Waals surface area (Å²) in [4.78, 5) is 68.2. The Hall–Kier alpha value is -3.26. The first-order valence-corrected chi connectivity index (χ1v) is 7.82. The molecule has 9 N–H and O–H groups in total. The van der Waals surface area contributed by atoms with Crippen LogP contribution in [-0.2, 0) is 28.8 Å². The van der Waals surface area contributed by atoms with E-state index in [0.29, 0.717) is 0 Å². The van der Waals surface area contributed by atoms with Crippen molar-refractivity contribution in [1.82, 2.24) is 16.0 Å². The van der Waals surface area contributed by atoms with Gasteiger partial charge in [0.25, 0.3) is 0 Å². The Morgan fingerprint density at radius 2 is 1.21 bits per heavy atom. The van der Waals surface area contributed by atoms with E-state index in [1.807, 2.05) is 16.0 Å². The third-order valence-electron chi connectivity index (χ3n) is 3.26. The van der Waals surface area contributed by atoms with Crippen LogP contribution in [0.3, 0.4) is 0 Å². The molecule has 0 aliphatic carbocycles. The highest BCUT2D eigenvalue weighted by atomic mass is 16.4. The SMILES string of the molecule is CC(O)C(N)C(=O)NC(CC(=O)O)C(=O)NC(CC(=O)O)C(=O)NCC(=O)O. The number of hydrogen-bond donors (Lipinski definition) is 8. The van der Waals surface area contributed by atoms with E-state index in [0.717, 1.165) is 0 Å². The molecule has 0 rings (SSSR count). The lowest BCUT2D eigenvalue weighted by Crippen LogP contribution is -2.58. The Morgan fingerprint density at radius 3 is 1.61 bits per heavy atom. The van der Waals surface area contributed by atoms with Crippen molar-refractivity contribution in [3.63, 3.8) is 0 Å². The molecule has 0 bridgehead atoms. The van der Waals surface area contributed by atoms with Crippen LogP contribution >= 0.6 is 0 Å². The van der Waals surface area contributed by atoms with Crippen LogP contribution in [-0.4, -0.2) is 86.8 Å². The van der Waals surface area contributed by atoms with E-state index in [9.17, 15) is 33.9 Å². The predicted octanol–water partition coefficient (Wildman–Crippen LogP) is -4.19. The van der Waals surface area contributed by atoms with Gasteiger partial charge in [-0.2, -0.15) is 0 Å². The summed E-state index contributed by atoms with van der Waals surface area (Å²) >= 11 is 0. The molecule has 0 aromatic carbocycles. The van der Waals surface area contributed by atoms with E-state index in [1.54, 1.807) is 0 Å². The molecule has 0 spiro atoms. The fourth-order valence-electron chi connectivity index (χ4n) is 1.81. The predicted molar refractivity (Wildman–Crippen MR) is 88.7 cm³/mol. The van der Waals surface area contributed by atoms with Gasteiger partial charge in [-0.3, -0.25) is 28.8 Å². The smallest absolute Gasteiger partial charge is 0.322 e. The summed E-state index contributed by atoms with van der Waals surface area (Å²) in [6.45, 7) is 0.343. The Bertz CT molecular complexity index is 636. The number of hydrogen-bond acceptors (Lipinski definition) is 8. The van der Waals surface area contributed by atoms with Crippen LogP contribution < -0.4 is 21.7 Å². The summed E-state index contributed by atoms with van der Waals surface area (Å²) in [7, 11) is 0. The molecule has 4 unspecified atom stereocenters. The van der Waals surface area contributed by atoms with Crippen LogP contribution in [0.5, 0.6) is 0 Å². The number of amides is 3. The average molecular weight is 406 g/mol. The van der Waals surface area contributed by atoms with E-state index in [4.69, 9.17) is 21.1 Å². The number of carbonyl (C=O) groups excluding carboxylic acids is 3. The van der Waals surface area contributed by atoms with Gasteiger partial charge in [0, 0.05) is 0 Å². The molecule has 0 fully saturated rings. The van der Waals surface area contributed by atoms with Crippen molar-refractivity contribution in [3.8, 4) is 0 Å². The zero-order valence-electron chi connectivity index (χ0n) is 14.7. The summed E-state index contributed by atoms with van der Waals surface area (Å²) < 4.78 is 0. The standard InChI is InChI=1S/C14H22N4O10/c1-5(19)11(15)14(28)18-7(3-9(22)23)13(27)17-6(2-8(20)21)12(26)16-4-10(24)25/h5-7,11,19H,2-4,15H2,1H3,(H,16,26)(H,17,27)(H,18,28)(H,20,21)(H,22,23)(H,24,25). The van der Waals surface area contributed by atoms with Gasteiger partial charge in [0.05, 0.1) is 18.9 Å². The molecule has 0 saturated carbocycles. The number of carboxylic acid groups (broad SMARTS) is 3. The van der Waals surface area contributed by atoms with E-state index < -0.39 is 79.2 Å². The summed E-state index contributed by atoms with van der Waals surface area (Å²) in [5.41, 5.74) is 5.38. The quantitative estimate of drug-likeness (QED) is 0.154. The lowest BCUT2D eigenvalue weighted by atomic mass is 10.1. The van der Waals surface area contributed by atoms with E-state index in [2.05, 4.69) is 0 Å². The maximum Gasteiger partial charge on any atom is 0.322 e. The molecule has 0 aliphatic rings. The van der Waals surface area contributed by atoms with Crippen LogP contribution in [0.4, 0.5) is 0 Å². The van der Waals surface area contributed by atoms with Gasteiger partial charge >= 0.3 is 17.9 Å². The minimum Gasteiger partial charge on any atom is -0.481 e. The van der Waals surface area contributed by atoms with E-state index in [-0.39, 0.29) is 0 Å². The number of nitrogens with two attached hydrogens (primary N) is 1. The number of aliphatic hydroxyl groups is 1. The molecule has 4 atom stereocenters. The van der Waals surface area contributed by atoms with E-state index >= 15 is 0 Å². The van der Waals surface area contributed by atoms with Crippen molar-refractivity contribution in [2.45, 2.75) is 44.0 Å². The Morgan fingerprint density at radius 1 is 0.786 bits per heavy atom. The molecule has 3 amide bonds. The number of carbonyl (C=O) groups is 6. The van der Waals surface area contributed by atoms with Gasteiger partial charge in [-0.15, -0.1) is 0 Å². The number of aliphatic carboxylic acids is 3. The fraction of sp³-hybridized carbons (Fsp3) is 0.571. The molecule has 0 aromatic heterocycles. The second-order valence-corrected chi connectivity index (χ2v) is 5.70. The van der Waals surface area contributed by atoms with Gasteiger partial charge in [0.1, 0.15) is 24.7 Å². The second-order valence-electron chi connectivity index (χ2n) is 5.70. The van der Waals surface area contributed by atoms with Crippen LogP contribution in [0.1, 0.15) is 19.8 Å².